The van der Waals surface area contributed by atoms with Crippen LogP contribution in [0.3, 0.4) is 0 Å². The molecule has 3 rings (SSSR count). The van der Waals surface area contributed by atoms with Gasteiger partial charge in [0.25, 0.3) is 11.5 Å². The summed E-state index contributed by atoms with van der Waals surface area (Å²) < 4.78 is 6.73. The van der Waals surface area contributed by atoms with E-state index in [-0.39, 0.29) is 11.5 Å². The van der Waals surface area contributed by atoms with Gasteiger partial charge in [0, 0.05) is 17.3 Å². The number of hydrogen-bond donors (Lipinski definition) is 1. The van der Waals surface area contributed by atoms with Crippen molar-refractivity contribution in [2.24, 2.45) is 0 Å². The highest BCUT2D eigenvalue weighted by atomic mass is 35.5. The lowest BCUT2D eigenvalue weighted by Crippen LogP contribution is -2.22. The van der Waals surface area contributed by atoms with Crippen molar-refractivity contribution in [3.8, 4) is 5.75 Å². The highest BCUT2D eigenvalue weighted by Crippen LogP contribution is 2.28. The van der Waals surface area contributed by atoms with Crippen molar-refractivity contribution < 1.29 is 9.53 Å². The fourth-order valence-corrected chi connectivity index (χ4v) is 2.71. The van der Waals surface area contributed by atoms with Crippen LogP contribution < -0.4 is 15.6 Å². The van der Waals surface area contributed by atoms with Crippen LogP contribution >= 0.6 is 11.6 Å². The van der Waals surface area contributed by atoms with Gasteiger partial charge in [-0.1, -0.05) is 41.9 Å². The lowest BCUT2D eigenvalue weighted by Gasteiger charge is -2.12. The second-order valence-electron chi connectivity index (χ2n) is 5.67. The largest absolute Gasteiger partial charge is 0.495 e. The van der Waals surface area contributed by atoms with Crippen LogP contribution in [0.15, 0.2) is 71.7 Å². The van der Waals surface area contributed by atoms with Gasteiger partial charge in [-0.25, -0.2) is 0 Å². The average molecular weight is 369 g/mol. The van der Waals surface area contributed by atoms with E-state index in [1.54, 1.807) is 24.4 Å². The molecule has 1 heterocycles. The highest BCUT2D eigenvalue weighted by Gasteiger charge is 2.12. The molecule has 3 aromatic rings. The minimum atomic E-state index is -0.354. The third-order valence-electron chi connectivity index (χ3n) is 3.85. The number of nitrogens with zero attached hydrogens (tertiary/aromatic N) is 1. The van der Waals surface area contributed by atoms with E-state index in [1.165, 1.54) is 23.8 Å². The standard InChI is InChI=1S/C20H17ClN2O3/c1-26-18-9-8-16(21)11-17(18)22-20(25)15-7-10-19(24)23(13-15)12-14-5-3-2-4-6-14/h2-11,13H,12H2,1H3,(H,22,25). The van der Waals surface area contributed by atoms with E-state index in [1.807, 2.05) is 30.3 Å². The molecule has 5 nitrogen and oxygen atoms in total. The Morgan fingerprint density at radius 2 is 1.88 bits per heavy atom. The number of rotatable bonds is 5. The molecule has 0 bridgehead atoms. The number of ether oxygens (including phenoxy) is 1. The Morgan fingerprint density at radius 3 is 2.62 bits per heavy atom. The van der Waals surface area contributed by atoms with Gasteiger partial charge in [-0.2, -0.15) is 0 Å². The van der Waals surface area contributed by atoms with E-state index in [9.17, 15) is 9.59 Å². The molecule has 0 radical (unpaired) electrons. The van der Waals surface area contributed by atoms with Gasteiger partial charge in [0.2, 0.25) is 0 Å². The zero-order chi connectivity index (χ0) is 18.5. The molecule has 2 aromatic carbocycles. The Kier molecular flexibility index (Phi) is 5.39. The molecule has 0 spiro atoms. The first-order valence-electron chi connectivity index (χ1n) is 7.96. The number of carbonyl (C=O) groups excluding carboxylic acids is 1. The quantitative estimate of drug-likeness (QED) is 0.745. The van der Waals surface area contributed by atoms with Gasteiger partial charge in [-0.3, -0.25) is 9.59 Å². The van der Waals surface area contributed by atoms with E-state index >= 15 is 0 Å². The maximum Gasteiger partial charge on any atom is 0.257 e. The molecule has 0 saturated carbocycles. The number of nitrogens with one attached hydrogen (secondary N) is 1. The maximum atomic E-state index is 12.6. The second kappa shape index (κ2) is 7.89. The number of halogens is 1. The summed E-state index contributed by atoms with van der Waals surface area (Å²) in [6, 6.07) is 17.4. The summed E-state index contributed by atoms with van der Waals surface area (Å²) >= 11 is 5.99. The molecular weight excluding hydrogens is 352 g/mol. The molecule has 0 aliphatic heterocycles. The summed E-state index contributed by atoms with van der Waals surface area (Å²) in [6.07, 6.45) is 1.54. The van der Waals surface area contributed by atoms with Gasteiger partial charge in [0.15, 0.2) is 0 Å². The number of benzene rings is 2. The van der Waals surface area contributed by atoms with E-state index in [0.29, 0.717) is 28.6 Å². The highest BCUT2D eigenvalue weighted by molar-refractivity contribution is 6.31. The van der Waals surface area contributed by atoms with E-state index in [2.05, 4.69) is 5.32 Å². The molecule has 132 valence electrons. The third kappa shape index (κ3) is 4.13. The summed E-state index contributed by atoms with van der Waals surface area (Å²) in [4.78, 5) is 24.7. The molecule has 0 fully saturated rings. The van der Waals surface area contributed by atoms with Crippen molar-refractivity contribution in [1.29, 1.82) is 0 Å². The number of pyridine rings is 1. The monoisotopic (exact) mass is 368 g/mol. The summed E-state index contributed by atoms with van der Waals surface area (Å²) in [7, 11) is 1.51. The molecule has 1 amide bonds. The van der Waals surface area contributed by atoms with E-state index in [0.717, 1.165) is 5.56 Å². The van der Waals surface area contributed by atoms with Crippen LogP contribution in [0.1, 0.15) is 15.9 Å². The smallest absolute Gasteiger partial charge is 0.257 e. The van der Waals surface area contributed by atoms with Crippen molar-refractivity contribution in [2.45, 2.75) is 6.54 Å². The van der Waals surface area contributed by atoms with Crippen LogP contribution in [-0.4, -0.2) is 17.6 Å². The maximum absolute atomic E-state index is 12.6. The van der Waals surface area contributed by atoms with Crippen molar-refractivity contribution in [3.63, 3.8) is 0 Å². The van der Waals surface area contributed by atoms with E-state index in [4.69, 9.17) is 16.3 Å². The van der Waals surface area contributed by atoms with Gasteiger partial charge in [0.05, 0.1) is 24.9 Å². The number of methoxy groups -OCH3 is 1. The Morgan fingerprint density at radius 1 is 1.12 bits per heavy atom. The van der Waals surface area contributed by atoms with Gasteiger partial charge >= 0.3 is 0 Å². The predicted octanol–water partition coefficient (Wildman–Crippen LogP) is 3.81. The number of anilines is 1. The molecule has 0 unspecified atom stereocenters. The van der Waals surface area contributed by atoms with Gasteiger partial charge in [0.1, 0.15) is 5.75 Å². The molecule has 1 N–H and O–H groups in total. The molecule has 0 atom stereocenters. The minimum Gasteiger partial charge on any atom is -0.495 e. The molecule has 26 heavy (non-hydrogen) atoms. The predicted molar refractivity (Wildman–Crippen MR) is 102 cm³/mol. The number of aromatic nitrogens is 1. The Hall–Kier alpha value is -3.05. The number of hydrogen-bond acceptors (Lipinski definition) is 3. The lowest BCUT2D eigenvalue weighted by atomic mass is 10.2. The fourth-order valence-electron chi connectivity index (χ4n) is 2.54. The first-order valence-corrected chi connectivity index (χ1v) is 8.34. The van der Waals surface area contributed by atoms with Crippen molar-refractivity contribution in [2.75, 3.05) is 12.4 Å². The zero-order valence-corrected chi connectivity index (χ0v) is 14.9. The SMILES string of the molecule is COc1ccc(Cl)cc1NC(=O)c1ccc(=O)n(Cc2ccccc2)c1. The summed E-state index contributed by atoms with van der Waals surface area (Å²) in [5.41, 5.74) is 1.63. The Bertz CT molecular complexity index is 984. The average Bonchev–Trinajstić information content (AvgIpc) is 2.64. The minimum absolute atomic E-state index is 0.175. The first kappa shape index (κ1) is 17.8. The van der Waals surface area contributed by atoms with Gasteiger partial charge < -0.3 is 14.6 Å². The Balaban J connectivity index is 1.85. The van der Waals surface area contributed by atoms with Crippen LogP contribution in [0.2, 0.25) is 5.02 Å². The third-order valence-corrected chi connectivity index (χ3v) is 4.09. The van der Waals surface area contributed by atoms with Gasteiger partial charge in [-0.05, 0) is 29.8 Å². The van der Waals surface area contributed by atoms with Crippen molar-refractivity contribution >= 4 is 23.2 Å². The summed E-state index contributed by atoms with van der Waals surface area (Å²) in [6.45, 7) is 0.390. The second-order valence-corrected chi connectivity index (χ2v) is 6.10. The molecule has 1 aromatic heterocycles. The van der Waals surface area contributed by atoms with Crippen LogP contribution in [-0.2, 0) is 6.54 Å². The van der Waals surface area contributed by atoms with Crippen LogP contribution in [0.5, 0.6) is 5.75 Å². The number of carbonyl (C=O) groups is 1. The lowest BCUT2D eigenvalue weighted by molar-refractivity contribution is 0.102. The van der Waals surface area contributed by atoms with Crippen molar-refractivity contribution in [3.05, 3.63) is 93.4 Å². The zero-order valence-electron chi connectivity index (χ0n) is 14.1. The van der Waals surface area contributed by atoms with E-state index < -0.39 is 0 Å². The molecule has 0 aliphatic carbocycles. The fraction of sp³-hybridized carbons (Fsp3) is 0.100. The molecule has 6 heteroatoms. The number of amides is 1. The van der Waals surface area contributed by atoms with Gasteiger partial charge in [-0.15, -0.1) is 0 Å². The summed E-state index contributed by atoms with van der Waals surface area (Å²) in [5, 5.41) is 3.25. The topological polar surface area (TPSA) is 60.3 Å². The molecular formula is C20H17ClN2O3. The summed E-state index contributed by atoms with van der Waals surface area (Å²) in [5.74, 6) is 0.146. The normalized spacial score (nSPS) is 10.4. The first-order chi connectivity index (χ1) is 12.6. The molecule has 0 saturated heterocycles. The van der Waals surface area contributed by atoms with Crippen LogP contribution in [0, 0.1) is 0 Å². The van der Waals surface area contributed by atoms with Crippen molar-refractivity contribution in [1.82, 2.24) is 4.57 Å². The van der Waals surface area contributed by atoms with Crippen LogP contribution in [0.25, 0.3) is 0 Å². The molecule has 0 aliphatic rings. The van der Waals surface area contributed by atoms with Crippen LogP contribution in [0.4, 0.5) is 5.69 Å². The Labute approximate surface area is 155 Å².